The first-order valence-corrected chi connectivity index (χ1v) is 3.46. The summed E-state index contributed by atoms with van der Waals surface area (Å²) >= 11 is 0. The Morgan fingerprint density at radius 1 is 1.73 bits per heavy atom. The third kappa shape index (κ3) is 2.55. The minimum absolute atomic E-state index is 0.0440. The van der Waals surface area contributed by atoms with Crippen molar-refractivity contribution in [1.29, 1.82) is 0 Å². The molecule has 1 rings (SSSR count). The van der Waals surface area contributed by atoms with Crippen molar-refractivity contribution >= 4 is 11.8 Å². The summed E-state index contributed by atoms with van der Waals surface area (Å²) in [5.41, 5.74) is 4.96. The molecule has 1 saturated heterocycles. The van der Waals surface area contributed by atoms with E-state index in [2.05, 4.69) is 5.32 Å². The zero-order valence-electron chi connectivity index (χ0n) is 6.17. The van der Waals surface area contributed by atoms with Crippen molar-refractivity contribution in [3.63, 3.8) is 0 Å². The van der Waals surface area contributed by atoms with Crippen LogP contribution in [-0.2, 0) is 9.59 Å². The van der Waals surface area contributed by atoms with Crippen LogP contribution in [-0.4, -0.2) is 42.9 Å². The quantitative estimate of drug-likeness (QED) is 0.482. The van der Waals surface area contributed by atoms with Gasteiger partial charge in [-0.3, -0.25) is 14.5 Å². The van der Waals surface area contributed by atoms with Crippen molar-refractivity contribution in [3.05, 3.63) is 0 Å². The maximum Gasteiger partial charge on any atom is 0.234 e. The highest BCUT2D eigenvalue weighted by molar-refractivity contribution is 5.80. The minimum atomic E-state index is -0.389. The first-order chi connectivity index (χ1) is 5.18. The van der Waals surface area contributed by atoms with Crippen LogP contribution in [0.4, 0.5) is 0 Å². The smallest absolute Gasteiger partial charge is 0.234 e. The molecule has 1 aliphatic heterocycles. The Labute approximate surface area is 64.5 Å². The van der Waals surface area contributed by atoms with Crippen LogP contribution in [0.1, 0.15) is 0 Å². The van der Waals surface area contributed by atoms with Gasteiger partial charge in [0.25, 0.3) is 0 Å². The van der Waals surface area contributed by atoms with Gasteiger partial charge >= 0.3 is 0 Å². The molecule has 3 N–H and O–H groups in total. The standard InChI is InChI=1S/C6H11N3O2/c7-5(10)3-9-2-1-8-6(11)4-9/h1-4H2,(H2,7,10)(H,8,11). The number of carbonyl (C=O) groups is 2. The van der Waals surface area contributed by atoms with E-state index in [1.54, 1.807) is 4.90 Å². The van der Waals surface area contributed by atoms with Gasteiger partial charge in [0, 0.05) is 13.1 Å². The third-order valence-corrected chi connectivity index (χ3v) is 1.50. The highest BCUT2D eigenvalue weighted by atomic mass is 16.2. The second-order valence-corrected chi connectivity index (χ2v) is 2.53. The van der Waals surface area contributed by atoms with Crippen LogP contribution in [0.15, 0.2) is 0 Å². The first-order valence-electron chi connectivity index (χ1n) is 3.46. The van der Waals surface area contributed by atoms with Crippen LogP contribution >= 0.6 is 0 Å². The molecule has 0 aliphatic carbocycles. The van der Waals surface area contributed by atoms with Crippen molar-refractivity contribution in [2.75, 3.05) is 26.2 Å². The predicted molar refractivity (Wildman–Crippen MR) is 38.6 cm³/mol. The molecule has 62 valence electrons. The van der Waals surface area contributed by atoms with Crippen LogP contribution in [0.25, 0.3) is 0 Å². The summed E-state index contributed by atoms with van der Waals surface area (Å²) in [6, 6.07) is 0. The third-order valence-electron chi connectivity index (χ3n) is 1.50. The van der Waals surface area contributed by atoms with Crippen molar-refractivity contribution in [2.45, 2.75) is 0 Å². The van der Waals surface area contributed by atoms with E-state index in [0.29, 0.717) is 13.1 Å². The Kier molecular flexibility index (Phi) is 2.43. The van der Waals surface area contributed by atoms with Crippen LogP contribution in [0.5, 0.6) is 0 Å². The van der Waals surface area contributed by atoms with Gasteiger partial charge in [-0.2, -0.15) is 0 Å². The highest BCUT2D eigenvalue weighted by Gasteiger charge is 2.16. The van der Waals surface area contributed by atoms with E-state index in [0.717, 1.165) is 0 Å². The molecule has 1 fully saturated rings. The lowest BCUT2D eigenvalue weighted by Crippen LogP contribution is -2.49. The molecule has 5 nitrogen and oxygen atoms in total. The lowest BCUT2D eigenvalue weighted by atomic mass is 10.3. The topological polar surface area (TPSA) is 75.4 Å². The van der Waals surface area contributed by atoms with E-state index in [-0.39, 0.29) is 24.9 Å². The van der Waals surface area contributed by atoms with Gasteiger partial charge < -0.3 is 11.1 Å². The van der Waals surface area contributed by atoms with Gasteiger partial charge in [-0.15, -0.1) is 0 Å². The maximum absolute atomic E-state index is 10.8. The van der Waals surface area contributed by atoms with E-state index in [1.165, 1.54) is 0 Å². The molecule has 11 heavy (non-hydrogen) atoms. The number of piperazine rings is 1. The predicted octanol–water partition coefficient (Wildman–Crippen LogP) is -2.10. The number of nitrogens with one attached hydrogen (secondary N) is 1. The summed E-state index contributed by atoms with van der Waals surface area (Å²) in [5, 5.41) is 2.65. The Morgan fingerprint density at radius 2 is 2.45 bits per heavy atom. The van der Waals surface area contributed by atoms with Gasteiger partial charge in [-0.05, 0) is 0 Å². The summed E-state index contributed by atoms with van der Waals surface area (Å²) in [4.78, 5) is 22.9. The summed E-state index contributed by atoms with van der Waals surface area (Å²) < 4.78 is 0. The fourth-order valence-electron chi connectivity index (χ4n) is 1.05. The number of carbonyl (C=O) groups excluding carboxylic acids is 2. The molecule has 0 bridgehead atoms. The molecule has 0 radical (unpaired) electrons. The number of nitrogens with two attached hydrogens (primary N) is 1. The fraction of sp³-hybridized carbons (Fsp3) is 0.667. The summed E-state index contributed by atoms with van der Waals surface area (Å²) in [6.45, 7) is 1.76. The highest BCUT2D eigenvalue weighted by Crippen LogP contribution is 1.90. The molecule has 1 aliphatic rings. The molecule has 0 aromatic rings. The number of hydrogen-bond acceptors (Lipinski definition) is 3. The average molecular weight is 157 g/mol. The van der Waals surface area contributed by atoms with Crippen LogP contribution in [0.3, 0.4) is 0 Å². The molecular weight excluding hydrogens is 146 g/mol. The van der Waals surface area contributed by atoms with Crippen LogP contribution in [0, 0.1) is 0 Å². The normalized spacial score (nSPS) is 19.5. The van der Waals surface area contributed by atoms with Gasteiger partial charge in [-0.25, -0.2) is 0 Å². The summed E-state index contributed by atoms with van der Waals surface area (Å²) in [6.07, 6.45) is 0. The van der Waals surface area contributed by atoms with Crippen molar-refractivity contribution in [1.82, 2.24) is 10.2 Å². The number of primary amides is 1. The van der Waals surface area contributed by atoms with Gasteiger partial charge in [0.15, 0.2) is 0 Å². The molecular formula is C6H11N3O2. The molecule has 0 aromatic carbocycles. The zero-order valence-corrected chi connectivity index (χ0v) is 6.17. The van der Waals surface area contributed by atoms with Crippen molar-refractivity contribution in [3.8, 4) is 0 Å². The number of hydrogen-bond donors (Lipinski definition) is 2. The van der Waals surface area contributed by atoms with Crippen molar-refractivity contribution < 1.29 is 9.59 Å². The van der Waals surface area contributed by atoms with Crippen LogP contribution in [0.2, 0.25) is 0 Å². The molecule has 0 saturated carbocycles. The second kappa shape index (κ2) is 3.34. The maximum atomic E-state index is 10.8. The van der Waals surface area contributed by atoms with Crippen LogP contribution < -0.4 is 11.1 Å². The largest absolute Gasteiger partial charge is 0.369 e. The minimum Gasteiger partial charge on any atom is -0.369 e. The van der Waals surface area contributed by atoms with Gasteiger partial charge in [0.2, 0.25) is 11.8 Å². The summed E-state index contributed by atoms with van der Waals surface area (Å²) in [5.74, 6) is -0.433. The molecule has 5 heteroatoms. The van der Waals surface area contributed by atoms with Crippen molar-refractivity contribution in [2.24, 2.45) is 5.73 Å². The SMILES string of the molecule is NC(=O)CN1CCNC(=O)C1. The lowest BCUT2D eigenvalue weighted by Gasteiger charge is -2.24. The Morgan fingerprint density at radius 3 is 3.00 bits per heavy atom. The molecule has 0 spiro atoms. The Bertz CT molecular complexity index is 179. The lowest BCUT2D eigenvalue weighted by molar-refractivity contribution is -0.125. The number of nitrogens with zero attached hydrogens (tertiary/aromatic N) is 1. The van der Waals surface area contributed by atoms with E-state index >= 15 is 0 Å². The van der Waals surface area contributed by atoms with Gasteiger partial charge in [0.1, 0.15) is 0 Å². The first kappa shape index (κ1) is 8.00. The molecule has 2 amide bonds. The van der Waals surface area contributed by atoms with Gasteiger partial charge in [0.05, 0.1) is 13.1 Å². The zero-order chi connectivity index (χ0) is 8.27. The second-order valence-electron chi connectivity index (χ2n) is 2.53. The Balaban J connectivity index is 2.34. The number of amides is 2. The fourth-order valence-corrected chi connectivity index (χ4v) is 1.05. The molecule has 0 unspecified atom stereocenters. The van der Waals surface area contributed by atoms with E-state index in [1.807, 2.05) is 0 Å². The monoisotopic (exact) mass is 157 g/mol. The van der Waals surface area contributed by atoms with E-state index < -0.39 is 0 Å². The van der Waals surface area contributed by atoms with E-state index in [9.17, 15) is 9.59 Å². The Hall–Kier alpha value is -1.10. The molecule has 0 aromatic heterocycles. The number of rotatable bonds is 2. The average Bonchev–Trinajstić information content (AvgIpc) is 1.85. The van der Waals surface area contributed by atoms with E-state index in [4.69, 9.17) is 5.73 Å². The molecule has 0 atom stereocenters. The summed E-state index contributed by atoms with van der Waals surface area (Å²) in [7, 11) is 0. The molecule has 1 heterocycles. The van der Waals surface area contributed by atoms with Gasteiger partial charge in [-0.1, -0.05) is 0 Å².